The number of aryl methyl sites for hydroxylation is 2. The van der Waals surface area contributed by atoms with Crippen LogP contribution in [0.5, 0.6) is 0 Å². The Hall–Kier alpha value is -1.64. The molecular formula is C21H25BrO3. The quantitative estimate of drug-likeness (QED) is 0.433. The monoisotopic (exact) mass is 404 g/mol. The number of allylic oxidation sites excluding steroid dienone is 1. The van der Waals surface area contributed by atoms with Crippen LogP contribution in [0.2, 0.25) is 0 Å². The van der Waals surface area contributed by atoms with Crippen molar-refractivity contribution in [3.63, 3.8) is 0 Å². The van der Waals surface area contributed by atoms with E-state index in [-0.39, 0.29) is 0 Å². The molecule has 0 atom stereocenters. The van der Waals surface area contributed by atoms with E-state index in [4.69, 9.17) is 4.42 Å². The van der Waals surface area contributed by atoms with Crippen LogP contribution in [0.25, 0.3) is 16.5 Å². The van der Waals surface area contributed by atoms with Crippen LogP contribution in [0.3, 0.4) is 0 Å². The second-order valence-electron chi connectivity index (χ2n) is 6.53. The van der Waals surface area contributed by atoms with Gasteiger partial charge in [0.1, 0.15) is 16.0 Å². The minimum Gasteiger partial charge on any atom is -0.422 e. The lowest BCUT2D eigenvalue weighted by atomic mass is 9.90. The molecule has 0 radical (unpaired) electrons. The Morgan fingerprint density at radius 1 is 1.20 bits per heavy atom. The Morgan fingerprint density at radius 2 is 1.84 bits per heavy atom. The van der Waals surface area contributed by atoms with E-state index in [9.17, 15) is 9.59 Å². The Bertz CT molecular complexity index is 886. The van der Waals surface area contributed by atoms with E-state index in [0.717, 1.165) is 49.5 Å². The van der Waals surface area contributed by atoms with Crippen molar-refractivity contribution in [3.05, 3.63) is 43.2 Å². The molecule has 3 nitrogen and oxygen atoms in total. The molecule has 1 aromatic carbocycles. The molecule has 0 amide bonds. The summed E-state index contributed by atoms with van der Waals surface area (Å²) >= 11 is 3.31. The summed E-state index contributed by atoms with van der Waals surface area (Å²) in [7, 11) is 0. The Balaban J connectivity index is 2.91. The number of hydrogen-bond acceptors (Lipinski definition) is 3. The van der Waals surface area contributed by atoms with Crippen LogP contribution in [0, 0.1) is 6.92 Å². The third-order valence-electron chi connectivity index (χ3n) is 4.74. The highest BCUT2D eigenvalue weighted by molar-refractivity contribution is 9.10. The number of unbranched alkanes of at least 4 members (excludes halogenated alkanes) is 2. The van der Waals surface area contributed by atoms with E-state index >= 15 is 0 Å². The molecular weight excluding hydrogens is 380 g/mol. The number of benzene rings is 1. The topological polar surface area (TPSA) is 47.3 Å². The minimum atomic E-state index is -0.449. The highest BCUT2D eigenvalue weighted by Crippen LogP contribution is 2.34. The van der Waals surface area contributed by atoms with Gasteiger partial charge in [-0.25, -0.2) is 9.59 Å². The molecule has 2 aromatic rings. The van der Waals surface area contributed by atoms with Crippen molar-refractivity contribution in [3.8, 4) is 0 Å². The highest BCUT2D eigenvalue weighted by Gasteiger charge is 2.20. The van der Waals surface area contributed by atoms with E-state index in [1.807, 2.05) is 5.94 Å². The zero-order valence-corrected chi connectivity index (χ0v) is 17.0. The van der Waals surface area contributed by atoms with Crippen LogP contribution < -0.4 is 5.63 Å². The summed E-state index contributed by atoms with van der Waals surface area (Å²) < 4.78 is 5.95. The largest absolute Gasteiger partial charge is 0.422 e. The van der Waals surface area contributed by atoms with Crippen molar-refractivity contribution in [1.29, 1.82) is 0 Å². The smallest absolute Gasteiger partial charge is 0.351 e. The molecule has 0 aliphatic heterocycles. The molecule has 0 saturated carbocycles. The lowest BCUT2D eigenvalue weighted by Crippen LogP contribution is -2.08. The second kappa shape index (κ2) is 8.64. The molecule has 0 aliphatic carbocycles. The first-order valence-corrected chi connectivity index (χ1v) is 9.75. The maximum absolute atomic E-state index is 12.3. The Kier molecular flexibility index (Phi) is 6.80. The number of halogens is 1. The molecule has 0 saturated heterocycles. The number of fused-ring (bicyclic) bond motifs is 1. The molecule has 134 valence electrons. The lowest BCUT2D eigenvalue weighted by molar-refractivity contribution is 0.549. The molecule has 1 aromatic heterocycles. The zero-order chi connectivity index (χ0) is 18.6. The fourth-order valence-corrected chi connectivity index (χ4v) is 3.83. The molecule has 4 heteroatoms. The molecule has 2 rings (SSSR count). The van der Waals surface area contributed by atoms with E-state index in [1.54, 1.807) is 6.92 Å². The molecule has 0 unspecified atom stereocenters. The van der Waals surface area contributed by atoms with Crippen LogP contribution in [0.15, 0.2) is 19.8 Å². The van der Waals surface area contributed by atoms with E-state index < -0.39 is 5.63 Å². The minimum absolute atomic E-state index is 0.299. The molecule has 1 heterocycles. The normalized spacial score (nSPS) is 10.9. The van der Waals surface area contributed by atoms with Gasteiger partial charge in [0, 0.05) is 16.5 Å². The van der Waals surface area contributed by atoms with Crippen molar-refractivity contribution < 1.29 is 9.21 Å². The van der Waals surface area contributed by atoms with Gasteiger partial charge in [-0.15, -0.1) is 0 Å². The molecule has 0 fully saturated rings. The summed E-state index contributed by atoms with van der Waals surface area (Å²) in [6.07, 6.45) is 6.18. The van der Waals surface area contributed by atoms with Gasteiger partial charge in [-0.3, -0.25) is 0 Å². The van der Waals surface area contributed by atoms with Crippen molar-refractivity contribution in [2.24, 2.45) is 0 Å². The Morgan fingerprint density at radius 3 is 2.44 bits per heavy atom. The molecule has 0 spiro atoms. The maximum atomic E-state index is 12.3. The van der Waals surface area contributed by atoms with Gasteiger partial charge in [0.05, 0.1) is 0 Å². The first kappa shape index (κ1) is 19.7. The fraction of sp³-hybridized carbons (Fsp3) is 0.476. The third kappa shape index (κ3) is 3.96. The molecule has 0 N–H and O–H groups in total. The fourth-order valence-electron chi connectivity index (χ4n) is 3.23. The van der Waals surface area contributed by atoms with Crippen molar-refractivity contribution in [1.82, 2.24) is 0 Å². The number of rotatable bonds is 7. The van der Waals surface area contributed by atoms with Gasteiger partial charge in [-0.2, -0.15) is 0 Å². The van der Waals surface area contributed by atoms with E-state index in [1.165, 1.54) is 11.1 Å². The average molecular weight is 405 g/mol. The SMILES string of the molecule is CCCCc1cc2c(C(C)=C=O)c(Br)c(=O)oc2c(CCCC)c1C. The van der Waals surface area contributed by atoms with Gasteiger partial charge in [0.15, 0.2) is 0 Å². The predicted octanol–water partition coefficient (Wildman–Crippen LogP) is 5.78. The zero-order valence-electron chi connectivity index (χ0n) is 15.4. The maximum Gasteiger partial charge on any atom is 0.351 e. The third-order valence-corrected chi connectivity index (χ3v) is 5.46. The van der Waals surface area contributed by atoms with Gasteiger partial charge in [-0.05, 0) is 78.2 Å². The lowest BCUT2D eigenvalue weighted by Gasteiger charge is -2.16. The summed E-state index contributed by atoms with van der Waals surface area (Å²) in [5.74, 6) is 1.94. The predicted molar refractivity (Wildman–Crippen MR) is 107 cm³/mol. The van der Waals surface area contributed by atoms with Gasteiger partial charge in [0.25, 0.3) is 0 Å². The molecule has 0 aliphatic rings. The first-order chi connectivity index (χ1) is 12.0. The van der Waals surface area contributed by atoms with Crippen LogP contribution >= 0.6 is 15.9 Å². The summed E-state index contributed by atoms with van der Waals surface area (Å²) in [5, 5.41) is 0.829. The van der Waals surface area contributed by atoms with E-state index in [2.05, 4.69) is 42.8 Å². The summed E-state index contributed by atoms with van der Waals surface area (Å²) in [6, 6.07) is 2.08. The van der Waals surface area contributed by atoms with Gasteiger partial charge in [0.2, 0.25) is 0 Å². The summed E-state index contributed by atoms with van der Waals surface area (Å²) in [4.78, 5) is 23.6. The summed E-state index contributed by atoms with van der Waals surface area (Å²) in [5.41, 5.74) is 4.75. The number of hydrogen-bond donors (Lipinski definition) is 0. The summed E-state index contributed by atoms with van der Waals surface area (Å²) in [6.45, 7) is 8.12. The van der Waals surface area contributed by atoms with Crippen molar-refractivity contribution >= 4 is 38.4 Å². The molecule has 25 heavy (non-hydrogen) atoms. The Labute approximate surface area is 157 Å². The van der Waals surface area contributed by atoms with Gasteiger partial charge < -0.3 is 4.42 Å². The second-order valence-corrected chi connectivity index (χ2v) is 7.32. The first-order valence-electron chi connectivity index (χ1n) is 8.95. The van der Waals surface area contributed by atoms with Gasteiger partial charge in [-0.1, -0.05) is 26.7 Å². The van der Waals surface area contributed by atoms with Crippen LogP contribution in [0.1, 0.15) is 68.7 Å². The van der Waals surface area contributed by atoms with Crippen molar-refractivity contribution in [2.45, 2.75) is 66.2 Å². The standard InChI is InChI=1S/C21H25BrO3/c1-5-7-9-15-11-17-18(13(3)12-23)19(22)21(24)25-20(17)16(14(15)4)10-8-6-2/h11H,5-10H2,1-4H3. The number of carbonyl (C=O) groups excluding carboxylic acids is 1. The van der Waals surface area contributed by atoms with E-state index in [0.29, 0.717) is 21.2 Å². The van der Waals surface area contributed by atoms with Crippen LogP contribution in [-0.4, -0.2) is 5.94 Å². The van der Waals surface area contributed by atoms with Crippen LogP contribution in [-0.2, 0) is 17.6 Å². The van der Waals surface area contributed by atoms with Gasteiger partial charge >= 0.3 is 5.63 Å². The molecule has 0 bridgehead atoms. The van der Waals surface area contributed by atoms with Crippen molar-refractivity contribution in [2.75, 3.05) is 0 Å². The average Bonchev–Trinajstić information content (AvgIpc) is 2.60. The highest BCUT2D eigenvalue weighted by atomic mass is 79.9. The van der Waals surface area contributed by atoms with Crippen LogP contribution in [0.4, 0.5) is 0 Å².